The van der Waals surface area contributed by atoms with E-state index in [2.05, 4.69) is 37.2 Å². The topological polar surface area (TPSA) is 440 Å². The zero-order chi connectivity index (χ0) is 57.2. The molecule has 0 bridgehead atoms. The van der Waals surface area contributed by atoms with Crippen LogP contribution in [0.25, 0.3) is 0 Å². The maximum Gasteiger partial charge on any atom is 0.246 e. The first-order valence-corrected chi connectivity index (χ1v) is 25.5. The molecular weight excluding hydrogens is 1000 g/mol. The lowest BCUT2D eigenvalue weighted by Crippen LogP contribution is -2.61. The van der Waals surface area contributed by atoms with Crippen LogP contribution in [-0.2, 0) is 65.6 Å². The number of phenols is 1. The van der Waals surface area contributed by atoms with Gasteiger partial charge in [-0.05, 0) is 93.5 Å². The van der Waals surface area contributed by atoms with E-state index < -0.39 is 140 Å². The summed E-state index contributed by atoms with van der Waals surface area (Å²) in [5.74, 6) is -8.87. The highest BCUT2D eigenvalue weighted by Crippen LogP contribution is 2.22. The molecule has 1 aliphatic rings. The van der Waals surface area contributed by atoms with Crippen LogP contribution in [0.3, 0.4) is 0 Å². The van der Waals surface area contributed by atoms with Gasteiger partial charge in [0.2, 0.25) is 59.1 Å². The van der Waals surface area contributed by atoms with Gasteiger partial charge in [0.25, 0.3) is 0 Å². The maximum absolute atomic E-state index is 14.5. The number of nitrogens with two attached hydrogens (primary N) is 4. The van der Waals surface area contributed by atoms with E-state index in [-0.39, 0.29) is 69.7 Å². The summed E-state index contributed by atoms with van der Waals surface area (Å²) in [5, 5.41) is 47.1. The Morgan fingerprint density at radius 1 is 0.623 bits per heavy atom. The van der Waals surface area contributed by atoms with Crippen LogP contribution in [0, 0.1) is 5.92 Å². The number of aldehydes is 1. The number of amides is 10. The zero-order valence-corrected chi connectivity index (χ0v) is 43.4. The summed E-state index contributed by atoms with van der Waals surface area (Å²) in [7, 11) is 0. The molecule has 3 rings (SSSR count). The molecule has 77 heavy (non-hydrogen) atoms. The van der Waals surface area contributed by atoms with Crippen molar-refractivity contribution in [1.82, 2.24) is 42.1 Å². The number of aliphatic hydroxyl groups is 2. The highest BCUT2D eigenvalue weighted by atomic mass is 16.3. The normalized spacial score (nSPS) is 16.2. The predicted molar refractivity (Wildman–Crippen MR) is 278 cm³/mol. The van der Waals surface area contributed by atoms with Crippen LogP contribution in [0.15, 0.2) is 54.6 Å². The van der Waals surface area contributed by atoms with Crippen LogP contribution < -0.4 is 60.2 Å². The molecule has 1 aliphatic heterocycles. The molecule has 18 N–H and O–H groups in total. The number of unbranched alkanes of at least 4 members (excludes halogenated alkanes) is 1. The van der Waals surface area contributed by atoms with Crippen LogP contribution in [0.4, 0.5) is 0 Å². The molecule has 1 heterocycles. The Hall–Kier alpha value is -7.55. The van der Waals surface area contributed by atoms with Crippen molar-refractivity contribution in [2.75, 3.05) is 26.3 Å². The number of aromatic hydroxyl groups is 1. The molecule has 10 amide bonds. The number of aliphatic hydroxyl groups excluding tert-OH is 2. The quantitative estimate of drug-likeness (QED) is 0.0233. The summed E-state index contributed by atoms with van der Waals surface area (Å²) in [6.45, 7) is 1.80. The molecule has 0 saturated carbocycles. The van der Waals surface area contributed by atoms with E-state index in [0.717, 1.165) is 5.56 Å². The van der Waals surface area contributed by atoms with Gasteiger partial charge in [0.15, 0.2) is 0 Å². The SMILES string of the molecule is CC(C)C[C@H](NC(=O)[C@H](CCCCN)NC(=O)[C@@H]1CCCN1C(=O)[C@H](Cc1ccc(O)cc1)NC(=O)[C@@H](N)Cc1ccccc1)C(=O)N[C@@H](CCC(N)=O)C(=O)N[C@@H](CO)C(=O)N[C@@H](CO)C(=O)N[C@H](C=O)CCC(N)=O. The number of nitrogens with one attached hydrogen (secondary N) is 7. The van der Waals surface area contributed by atoms with Crippen molar-refractivity contribution < 1.29 is 68.1 Å². The molecule has 0 spiro atoms. The molecule has 1 fully saturated rings. The van der Waals surface area contributed by atoms with Crippen molar-refractivity contribution in [2.45, 2.75) is 145 Å². The molecule has 0 unspecified atom stereocenters. The summed E-state index contributed by atoms with van der Waals surface area (Å²) in [4.78, 5) is 146. The maximum atomic E-state index is 14.5. The zero-order valence-electron chi connectivity index (χ0n) is 43.4. The molecular formula is C51H76N12O14. The summed E-state index contributed by atoms with van der Waals surface area (Å²) in [6.07, 6.45) is 0.579. The van der Waals surface area contributed by atoms with Gasteiger partial charge in [-0.2, -0.15) is 0 Å². The van der Waals surface area contributed by atoms with Crippen LogP contribution in [0.2, 0.25) is 0 Å². The lowest BCUT2D eigenvalue weighted by atomic mass is 10.0. The molecule has 0 aromatic heterocycles. The number of carbonyl (C=O) groups excluding carboxylic acids is 11. The van der Waals surface area contributed by atoms with Gasteiger partial charge in [-0.1, -0.05) is 56.3 Å². The van der Waals surface area contributed by atoms with Gasteiger partial charge in [0, 0.05) is 25.8 Å². The fraction of sp³-hybridized carbons (Fsp3) is 0.549. The highest BCUT2D eigenvalue weighted by Gasteiger charge is 2.40. The van der Waals surface area contributed by atoms with Gasteiger partial charge in [-0.3, -0.25) is 47.9 Å². The van der Waals surface area contributed by atoms with Crippen molar-refractivity contribution in [2.24, 2.45) is 28.9 Å². The molecule has 26 nitrogen and oxygen atoms in total. The van der Waals surface area contributed by atoms with Crippen LogP contribution in [0.5, 0.6) is 5.75 Å². The summed E-state index contributed by atoms with van der Waals surface area (Å²) in [5.41, 5.74) is 23.9. The van der Waals surface area contributed by atoms with E-state index in [4.69, 9.17) is 22.9 Å². The number of hydrogen-bond donors (Lipinski definition) is 14. The number of likely N-dealkylation sites (tertiary alicyclic amines) is 1. The van der Waals surface area contributed by atoms with E-state index in [1.165, 1.54) is 17.0 Å². The first-order chi connectivity index (χ1) is 36.6. The van der Waals surface area contributed by atoms with Crippen molar-refractivity contribution in [3.05, 3.63) is 65.7 Å². The average Bonchev–Trinajstić information content (AvgIpc) is 3.89. The van der Waals surface area contributed by atoms with Crippen LogP contribution in [0.1, 0.15) is 89.2 Å². The number of nitrogens with zero attached hydrogens (tertiary/aromatic N) is 1. The molecule has 2 aromatic rings. The van der Waals surface area contributed by atoms with Gasteiger partial charge in [0.05, 0.1) is 25.3 Å². The van der Waals surface area contributed by atoms with Gasteiger partial charge in [-0.25, -0.2) is 0 Å². The second-order valence-electron chi connectivity index (χ2n) is 19.3. The number of primary amides is 2. The fourth-order valence-electron chi connectivity index (χ4n) is 8.33. The fourth-order valence-corrected chi connectivity index (χ4v) is 8.33. The third-order valence-corrected chi connectivity index (χ3v) is 12.5. The molecule has 2 aromatic carbocycles. The van der Waals surface area contributed by atoms with Gasteiger partial charge < -0.3 is 85.2 Å². The smallest absolute Gasteiger partial charge is 0.246 e. The Morgan fingerprint density at radius 2 is 1.13 bits per heavy atom. The Balaban J connectivity index is 1.82. The Morgan fingerprint density at radius 3 is 1.69 bits per heavy atom. The minimum atomic E-state index is -1.81. The Bertz CT molecular complexity index is 2330. The summed E-state index contributed by atoms with van der Waals surface area (Å²) in [6, 6.07) is 2.81. The van der Waals surface area contributed by atoms with Gasteiger partial charge >= 0.3 is 0 Å². The lowest BCUT2D eigenvalue weighted by Gasteiger charge is -2.31. The molecule has 0 radical (unpaired) electrons. The number of rotatable bonds is 34. The predicted octanol–water partition coefficient (Wildman–Crippen LogP) is -4.22. The molecule has 26 heteroatoms. The first kappa shape index (κ1) is 63.7. The van der Waals surface area contributed by atoms with E-state index in [1.54, 1.807) is 38.1 Å². The van der Waals surface area contributed by atoms with Crippen molar-refractivity contribution in [3.8, 4) is 5.75 Å². The Kier molecular flexibility index (Phi) is 27.1. The van der Waals surface area contributed by atoms with Gasteiger partial charge in [0.1, 0.15) is 54.3 Å². The highest BCUT2D eigenvalue weighted by molar-refractivity contribution is 5.98. The van der Waals surface area contributed by atoms with Gasteiger partial charge in [-0.15, -0.1) is 0 Å². The number of phenolic OH excluding ortho intramolecular Hbond substituents is 1. The minimum absolute atomic E-state index is 0.0129. The van der Waals surface area contributed by atoms with Crippen molar-refractivity contribution in [3.63, 3.8) is 0 Å². The molecule has 424 valence electrons. The lowest BCUT2D eigenvalue weighted by molar-refractivity contribution is -0.142. The minimum Gasteiger partial charge on any atom is -0.508 e. The van der Waals surface area contributed by atoms with E-state index in [0.29, 0.717) is 31.1 Å². The third kappa shape index (κ3) is 21.9. The van der Waals surface area contributed by atoms with E-state index >= 15 is 0 Å². The first-order valence-electron chi connectivity index (χ1n) is 25.5. The summed E-state index contributed by atoms with van der Waals surface area (Å²) < 4.78 is 0. The second-order valence-corrected chi connectivity index (χ2v) is 19.3. The number of carbonyl (C=O) groups is 11. The average molecular weight is 1080 g/mol. The summed E-state index contributed by atoms with van der Waals surface area (Å²) >= 11 is 0. The van der Waals surface area contributed by atoms with Crippen LogP contribution >= 0.6 is 0 Å². The standard InChI is InChI=1S/C51H76N12O14/c1-29(2)23-37(47(73)57-36(18-20-43(55)69)46(72)61-40(28-66)49(75)62-39(27-65)48(74)56-32(26-64)15-19-42(54)68)59-45(71)35(11-6-7-21-52)58-50(76)41-12-8-22-63(41)51(77)38(25-31-13-16-33(67)17-14-31)60-44(70)34(53)24-30-9-4-3-5-10-30/h3-5,9-10,13-14,16-17,26,29,32,34-41,65-67H,6-8,11-12,15,18-25,27-28,52-53H2,1-2H3,(H2,54,68)(H2,55,69)(H,56,74)(H,57,73)(H,58,76)(H,59,71)(H,60,70)(H,61,72)(H,62,75)/t32-,34-,35-,36-,37-,38-,39-,40-,41-/m0/s1. The number of benzene rings is 2. The van der Waals surface area contributed by atoms with Crippen LogP contribution in [-0.4, -0.2) is 166 Å². The molecule has 1 saturated heterocycles. The third-order valence-electron chi connectivity index (χ3n) is 12.5. The Labute approximate surface area is 446 Å². The largest absolute Gasteiger partial charge is 0.508 e. The monoisotopic (exact) mass is 1080 g/mol. The molecule has 9 atom stereocenters. The van der Waals surface area contributed by atoms with Crippen molar-refractivity contribution in [1.29, 1.82) is 0 Å². The second kappa shape index (κ2) is 32.8. The van der Waals surface area contributed by atoms with E-state index in [1.807, 2.05) is 18.2 Å². The molecule has 0 aliphatic carbocycles. The van der Waals surface area contributed by atoms with E-state index in [9.17, 15) is 68.1 Å². The number of hydrogen-bond acceptors (Lipinski definition) is 16. The van der Waals surface area contributed by atoms with Crippen molar-refractivity contribution >= 4 is 65.4 Å².